The minimum Gasteiger partial charge on any atom is -0.466 e. The van der Waals surface area contributed by atoms with E-state index in [1.165, 1.54) is 18.2 Å². The molecule has 0 spiro atoms. The number of nitro groups is 1. The van der Waals surface area contributed by atoms with Crippen LogP contribution in [0.1, 0.15) is 32.3 Å². The topological polar surface area (TPSA) is 89.8 Å². The van der Waals surface area contributed by atoms with Crippen molar-refractivity contribution < 1.29 is 19.2 Å². The number of ether oxygens (including phenoxy) is 1. The fourth-order valence-electron chi connectivity index (χ4n) is 2.04. The third-order valence-electron chi connectivity index (χ3n) is 3.22. The quantitative estimate of drug-likeness (QED) is 0.300. The van der Waals surface area contributed by atoms with E-state index in [4.69, 9.17) is 4.74 Å². The van der Waals surface area contributed by atoms with Gasteiger partial charge >= 0.3 is 5.97 Å². The highest BCUT2D eigenvalue weighted by Gasteiger charge is 2.12. The number of non-ortho nitro benzene ring substituents is 1. The number of nitro benzene ring substituents is 1. The summed E-state index contributed by atoms with van der Waals surface area (Å²) in [6, 6.07) is 5.92. The van der Waals surface area contributed by atoms with Gasteiger partial charge in [0.05, 0.1) is 18.0 Å². The summed E-state index contributed by atoms with van der Waals surface area (Å²) >= 11 is 0. The van der Waals surface area contributed by atoms with Gasteiger partial charge in [-0.05, 0) is 37.1 Å². The van der Waals surface area contributed by atoms with Crippen molar-refractivity contribution in [3.63, 3.8) is 0 Å². The predicted molar refractivity (Wildman–Crippen MR) is 90.3 cm³/mol. The molecule has 0 aliphatic rings. The van der Waals surface area contributed by atoms with Crippen LogP contribution in [-0.2, 0) is 14.3 Å². The number of hydrogen-bond acceptors (Lipinski definition) is 5. The molecular weight excluding hydrogens is 312 g/mol. The fraction of sp³-hybridized carbons (Fsp3) is 0.412. The number of nitrogens with zero attached hydrogens (tertiary/aromatic N) is 2. The molecule has 0 aliphatic carbocycles. The Kier molecular flexibility index (Phi) is 8.18. The molecule has 1 amide bonds. The molecule has 1 aromatic carbocycles. The van der Waals surface area contributed by atoms with Crippen LogP contribution in [0.2, 0.25) is 0 Å². The summed E-state index contributed by atoms with van der Waals surface area (Å²) in [6.45, 7) is 4.85. The molecule has 0 heterocycles. The average Bonchev–Trinajstić information content (AvgIpc) is 2.57. The number of amides is 1. The van der Waals surface area contributed by atoms with E-state index in [0.29, 0.717) is 25.3 Å². The van der Waals surface area contributed by atoms with Crippen molar-refractivity contribution in [2.24, 2.45) is 0 Å². The molecule has 0 unspecified atom stereocenters. The smallest absolute Gasteiger partial charge is 0.307 e. The van der Waals surface area contributed by atoms with Crippen LogP contribution in [-0.4, -0.2) is 41.4 Å². The molecule has 0 radical (unpaired) electrons. The van der Waals surface area contributed by atoms with Crippen LogP contribution in [0.25, 0.3) is 6.08 Å². The first-order chi connectivity index (χ1) is 11.5. The van der Waals surface area contributed by atoms with Gasteiger partial charge in [0.25, 0.3) is 5.69 Å². The number of carbonyl (C=O) groups excluding carboxylic acids is 2. The van der Waals surface area contributed by atoms with Gasteiger partial charge in [0, 0.05) is 31.3 Å². The maximum Gasteiger partial charge on any atom is 0.307 e. The van der Waals surface area contributed by atoms with Crippen molar-refractivity contribution in [3.05, 3.63) is 46.0 Å². The lowest BCUT2D eigenvalue weighted by molar-refractivity contribution is -0.384. The van der Waals surface area contributed by atoms with Gasteiger partial charge < -0.3 is 9.64 Å². The Labute approximate surface area is 141 Å². The van der Waals surface area contributed by atoms with E-state index in [1.807, 2.05) is 6.92 Å². The molecule has 0 aliphatic heterocycles. The molecule has 130 valence electrons. The summed E-state index contributed by atoms with van der Waals surface area (Å²) in [4.78, 5) is 35.3. The van der Waals surface area contributed by atoms with Crippen LogP contribution in [0.15, 0.2) is 30.3 Å². The van der Waals surface area contributed by atoms with Crippen molar-refractivity contribution >= 4 is 23.6 Å². The zero-order valence-electron chi connectivity index (χ0n) is 13.9. The summed E-state index contributed by atoms with van der Waals surface area (Å²) in [6.07, 6.45) is 3.94. The number of benzene rings is 1. The van der Waals surface area contributed by atoms with Crippen LogP contribution < -0.4 is 0 Å². The maximum atomic E-state index is 12.2. The highest BCUT2D eigenvalue weighted by atomic mass is 16.6. The summed E-state index contributed by atoms with van der Waals surface area (Å²) in [7, 11) is 0. The third-order valence-corrected chi connectivity index (χ3v) is 3.22. The third kappa shape index (κ3) is 6.60. The van der Waals surface area contributed by atoms with Gasteiger partial charge in [0.15, 0.2) is 0 Å². The van der Waals surface area contributed by atoms with Crippen LogP contribution in [0.5, 0.6) is 0 Å². The summed E-state index contributed by atoms with van der Waals surface area (Å²) in [5.41, 5.74) is 0.691. The summed E-state index contributed by atoms with van der Waals surface area (Å²) in [5, 5.41) is 10.6. The molecule has 0 bridgehead atoms. The first-order valence-corrected chi connectivity index (χ1v) is 7.85. The molecule has 0 saturated heterocycles. The van der Waals surface area contributed by atoms with Gasteiger partial charge in [-0.3, -0.25) is 19.7 Å². The Morgan fingerprint density at radius 2 is 1.88 bits per heavy atom. The predicted octanol–water partition coefficient (Wildman–Crippen LogP) is 2.80. The lowest BCUT2D eigenvalue weighted by Gasteiger charge is -2.19. The van der Waals surface area contributed by atoms with Gasteiger partial charge in [-0.1, -0.05) is 6.92 Å². The van der Waals surface area contributed by atoms with Gasteiger partial charge in [-0.25, -0.2) is 0 Å². The molecule has 0 atom stereocenters. The van der Waals surface area contributed by atoms with E-state index in [0.717, 1.165) is 6.42 Å². The molecule has 24 heavy (non-hydrogen) atoms. The maximum absolute atomic E-state index is 12.2. The molecule has 0 N–H and O–H groups in total. The lowest BCUT2D eigenvalue weighted by atomic mass is 10.2. The number of hydrogen-bond donors (Lipinski definition) is 0. The van der Waals surface area contributed by atoms with Gasteiger partial charge in [0.2, 0.25) is 5.91 Å². The van der Waals surface area contributed by atoms with Crippen LogP contribution >= 0.6 is 0 Å². The van der Waals surface area contributed by atoms with Crippen molar-refractivity contribution in [1.29, 1.82) is 0 Å². The molecule has 1 aromatic rings. The van der Waals surface area contributed by atoms with E-state index in [-0.39, 0.29) is 24.0 Å². The number of carbonyl (C=O) groups is 2. The second-order valence-electron chi connectivity index (χ2n) is 5.06. The van der Waals surface area contributed by atoms with Crippen molar-refractivity contribution in [2.45, 2.75) is 26.7 Å². The van der Waals surface area contributed by atoms with Gasteiger partial charge in [-0.15, -0.1) is 0 Å². The van der Waals surface area contributed by atoms with Gasteiger partial charge in [0.1, 0.15) is 0 Å². The Hall–Kier alpha value is -2.70. The first kappa shape index (κ1) is 19.3. The zero-order chi connectivity index (χ0) is 17.9. The molecule has 1 rings (SSSR count). The van der Waals surface area contributed by atoms with Gasteiger partial charge in [-0.2, -0.15) is 0 Å². The normalized spacial score (nSPS) is 10.6. The largest absolute Gasteiger partial charge is 0.466 e. The highest BCUT2D eigenvalue weighted by Crippen LogP contribution is 2.13. The van der Waals surface area contributed by atoms with E-state index in [9.17, 15) is 19.7 Å². The van der Waals surface area contributed by atoms with Crippen LogP contribution in [0.4, 0.5) is 5.69 Å². The molecule has 0 saturated carbocycles. The van der Waals surface area contributed by atoms with E-state index >= 15 is 0 Å². The molecule has 0 aromatic heterocycles. The first-order valence-electron chi connectivity index (χ1n) is 7.85. The Morgan fingerprint density at radius 1 is 1.21 bits per heavy atom. The van der Waals surface area contributed by atoms with E-state index in [1.54, 1.807) is 30.0 Å². The average molecular weight is 334 g/mol. The lowest BCUT2D eigenvalue weighted by Crippen LogP contribution is -2.32. The molecule has 7 nitrogen and oxygen atoms in total. The SMILES string of the molecule is CCCN(CCC(=O)OCC)C(=O)/C=C/c1ccc([N+](=O)[O-])cc1. The zero-order valence-corrected chi connectivity index (χ0v) is 13.9. The minimum atomic E-state index is -0.475. The second kappa shape index (κ2) is 10.1. The van der Waals surface area contributed by atoms with Crippen molar-refractivity contribution in [3.8, 4) is 0 Å². The highest BCUT2D eigenvalue weighted by molar-refractivity contribution is 5.92. The number of rotatable bonds is 9. The number of esters is 1. The van der Waals surface area contributed by atoms with Crippen LogP contribution in [0, 0.1) is 10.1 Å². The molecular formula is C17H22N2O5. The monoisotopic (exact) mass is 334 g/mol. The molecule has 0 fully saturated rings. The minimum absolute atomic E-state index is 0.000484. The second-order valence-corrected chi connectivity index (χ2v) is 5.06. The summed E-state index contributed by atoms with van der Waals surface area (Å²) in [5.74, 6) is -0.537. The Bertz CT molecular complexity index is 596. The van der Waals surface area contributed by atoms with E-state index in [2.05, 4.69) is 0 Å². The van der Waals surface area contributed by atoms with E-state index < -0.39 is 4.92 Å². The summed E-state index contributed by atoms with van der Waals surface area (Å²) < 4.78 is 4.86. The standard InChI is InChI=1S/C17H22N2O5/c1-3-12-18(13-11-17(21)24-4-2)16(20)10-7-14-5-8-15(9-6-14)19(22)23/h5-10H,3-4,11-13H2,1-2H3/b10-7+. The Morgan fingerprint density at radius 3 is 2.42 bits per heavy atom. The van der Waals surface area contributed by atoms with Crippen molar-refractivity contribution in [1.82, 2.24) is 4.90 Å². The van der Waals surface area contributed by atoms with Crippen molar-refractivity contribution in [2.75, 3.05) is 19.7 Å². The molecule has 7 heteroatoms. The Balaban J connectivity index is 2.66. The van der Waals surface area contributed by atoms with Crippen LogP contribution in [0.3, 0.4) is 0 Å². The fourth-order valence-corrected chi connectivity index (χ4v) is 2.04.